The van der Waals surface area contributed by atoms with Crippen LogP contribution >= 0.6 is 24.0 Å². The Morgan fingerprint density at radius 1 is 1.02 bits per heavy atom. The number of nitrogens with one attached hydrogen (secondary N) is 1. The van der Waals surface area contributed by atoms with E-state index >= 15 is 0 Å². The maximum Gasteiger partial charge on any atom is 0.296 e. The molecule has 0 radical (unpaired) electrons. The molecular formula is C29H24N6O4S2. The number of thiocarbonyl (C=S) groups is 1. The van der Waals surface area contributed by atoms with Crippen molar-refractivity contribution in [2.24, 2.45) is 7.05 Å². The van der Waals surface area contributed by atoms with Crippen molar-refractivity contribution in [3.63, 3.8) is 0 Å². The molecule has 12 heteroatoms. The molecule has 1 saturated heterocycles. The van der Waals surface area contributed by atoms with Crippen LogP contribution in [0, 0.1) is 13.8 Å². The first-order valence-corrected chi connectivity index (χ1v) is 13.9. The fourth-order valence-electron chi connectivity index (χ4n) is 4.76. The molecule has 4 aromatic heterocycles. The molecular weight excluding hydrogens is 560 g/mol. The van der Waals surface area contributed by atoms with Gasteiger partial charge in [0.15, 0.2) is 4.32 Å². The summed E-state index contributed by atoms with van der Waals surface area (Å²) in [4.78, 5) is 47.3. The molecule has 1 N–H and O–H groups in total. The fraction of sp³-hybridized carbons (Fsp3) is 0.138. The quantitative estimate of drug-likeness (QED) is 0.231. The van der Waals surface area contributed by atoms with Crippen LogP contribution in [-0.4, -0.2) is 29.0 Å². The van der Waals surface area contributed by atoms with Gasteiger partial charge in [0, 0.05) is 13.2 Å². The molecule has 0 aliphatic carbocycles. The summed E-state index contributed by atoms with van der Waals surface area (Å²) in [5, 5.41) is 3.18. The maximum atomic E-state index is 13.8. The zero-order chi connectivity index (χ0) is 28.8. The van der Waals surface area contributed by atoms with Crippen LogP contribution in [0.5, 0.6) is 0 Å². The van der Waals surface area contributed by atoms with Crippen LogP contribution in [-0.2, 0) is 18.4 Å². The highest BCUT2D eigenvalue weighted by atomic mass is 32.2. The van der Waals surface area contributed by atoms with Crippen molar-refractivity contribution in [3.05, 3.63) is 115 Å². The third kappa shape index (κ3) is 4.50. The molecule has 1 aliphatic rings. The number of carbonyl (C=O) groups is 1. The van der Waals surface area contributed by atoms with E-state index in [1.165, 1.54) is 20.1 Å². The van der Waals surface area contributed by atoms with Gasteiger partial charge in [-0.15, -0.1) is 0 Å². The van der Waals surface area contributed by atoms with Gasteiger partial charge in [0.1, 0.15) is 22.9 Å². The van der Waals surface area contributed by atoms with Crippen molar-refractivity contribution in [3.8, 4) is 5.69 Å². The van der Waals surface area contributed by atoms with Crippen LogP contribution in [0.3, 0.4) is 0 Å². The number of hydrogen-bond donors (Lipinski definition) is 1. The molecule has 41 heavy (non-hydrogen) atoms. The lowest BCUT2D eigenvalue weighted by Gasteiger charge is -2.13. The van der Waals surface area contributed by atoms with Gasteiger partial charge < -0.3 is 9.73 Å². The number of thioether (sulfide) groups is 1. The Bertz CT molecular complexity index is 1990. The van der Waals surface area contributed by atoms with Crippen molar-refractivity contribution in [2.75, 3.05) is 10.2 Å². The minimum Gasteiger partial charge on any atom is -0.467 e. The minimum absolute atomic E-state index is 0.169. The molecule has 5 aromatic rings. The smallest absolute Gasteiger partial charge is 0.296 e. The first-order valence-electron chi connectivity index (χ1n) is 12.7. The normalized spacial score (nSPS) is 14.5. The van der Waals surface area contributed by atoms with Crippen LogP contribution in [0.4, 0.5) is 11.5 Å². The largest absolute Gasteiger partial charge is 0.467 e. The predicted molar refractivity (Wildman–Crippen MR) is 164 cm³/mol. The van der Waals surface area contributed by atoms with E-state index in [-0.39, 0.29) is 38.1 Å². The van der Waals surface area contributed by atoms with Crippen molar-refractivity contribution >= 4 is 57.4 Å². The number of furan rings is 1. The molecule has 206 valence electrons. The number of aromatic nitrogens is 4. The van der Waals surface area contributed by atoms with Gasteiger partial charge in [-0.3, -0.25) is 28.4 Å². The summed E-state index contributed by atoms with van der Waals surface area (Å²) < 4.78 is 10.2. The third-order valence-corrected chi connectivity index (χ3v) is 8.21. The molecule has 1 aliphatic heterocycles. The summed E-state index contributed by atoms with van der Waals surface area (Å²) in [5.74, 6) is 0.466. The topological polar surface area (TPSA) is 107 Å². The number of rotatable bonds is 6. The molecule has 1 fully saturated rings. The summed E-state index contributed by atoms with van der Waals surface area (Å²) in [5.41, 5.74) is 2.16. The van der Waals surface area contributed by atoms with E-state index in [1.54, 1.807) is 49.3 Å². The highest BCUT2D eigenvalue weighted by molar-refractivity contribution is 8.27. The highest BCUT2D eigenvalue weighted by Gasteiger charge is 2.38. The van der Waals surface area contributed by atoms with Gasteiger partial charge >= 0.3 is 0 Å². The molecule has 0 bridgehead atoms. The van der Waals surface area contributed by atoms with Crippen LogP contribution in [0.1, 0.15) is 22.6 Å². The predicted octanol–water partition coefficient (Wildman–Crippen LogP) is 4.41. The van der Waals surface area contributed by atoms with Gasteiger partial charge in [0.05, 0.1) is 34.7 Å². The highest BCUT2D eigenvalue weighted by Crippen LogP contribution is 2.36. The second kappa shape index (κ2) is 10.4. The summed E-state index contributed by atoms with van der Waals surface area (Å²) in [6.45, 7) is 3.91. The third-order valence-electron chi connectivity index (χ3n) is 6.91. The van der Waals surface area contributed by atoms with E-state index in [1.807, 2.05) is 43.3 Å². The van der Waals surface area contributed by atoms with E-state index in [0.717, 1.165) is 17.3 Å². The van der Waals surface area contributed by atoms with Crippen molar-refractivity contribution in [1.29, 1.82) is 0 Å². The zero-order valence-corrected chi connectivity index (χ0v) is 24.0. The summed E-state index contributed by atoms with van der Waals surface area (Å²) in [6, 6.07) is 16.4. The van der Waals surface area contributed by atoms with Gasteiger partial charge in [-0.25, -0.2) is 9.67 Å². The Morgan fingerprint density at radius 3 is 2.54 bits per heavy atom. The number of fused-ring (bicyclic) bond motifs is 1. The molecule has 1 amide bonds. The molecule has 5 heterocycles. The van der Waals surface area contributed by atoms with Crippen molar-refractivity contribution in [1.82, 2.24) is 18.7 Å². The Morgan fingerprint density at radius 2 is 1.80 bits per heavy atom. The van der Waals surface area contributed by atoms with Gasteiger partial charge in [-0.2, -0.15) is 0 Å². The fourth-order valence-corrected chi connectivity index (χ4v) is 6.02. The van der Waals surface area contributed by atoms with Gasteiger partial charge in [-0.1, -0.05) is 48.2 Å². The van der Waals surface area contributed by atoms with Crippen LogP contribution in [0.2, 0.25) is 0 Å². The Balaban J connectivity index is 1.45. The van der Waals surface area contributed by atoms with Gasteiger partial charge in [0.25, 0.3) is 17.0 Å². The molecule has 0 saturated carbocycles. The molecule has 0 unspecified atom stereocenters. The minimum atomic E-state index is -0.489. The van der Waals surface area contributed by atoms with Gasteiger partial charge in [0.2, 0.25) is 0 Å². The number of carbonyl (C=O) groups excluding carboxylic acids is 1. The summed E-state index contributed by atoms with van der Waals surface area (Å²) in [7, 11) is 1.75. The maximum absolute atomic E-state index is 13.8. The van der Waals surface area contributed by atoms with Crippen LogP contribution in [0.15, 0.2) is 86.0 Å². The van der Waals surface area contributed by atoms with E-state index in [0.29, 0.717) is 28.6 Å². The average molecular weight is 585 g/mol. The molecule has 10 nitrogen and oxygen atoms in total. The number of nitrogens with zero attached hydrogens (tertiary/aromatic N) is 5. The zero-order valence-electron chi connectivity index (χ0n) is 22.3. The number of aryl methyl sites for hydroxylation is 1. The lowest BCUT2D eigenvalue weighted by Crippen LogP contribution is -2.33. The van der Waals surface area contributed by atoms with E-state index in [4.69, 9.17) is 21.6 Å². The average Bonchev–Trinajstić information content (AvgIpc) is 3.64. The number of hydrogen-bond acceptors (Lipinski definition) is 8. The second-order valence-electron chi connectivity index (χ2n) is 9.42. The molecule has 6 rings (SSSR count). The van der Waals surface area contributed by atoms with E-state index in [9.17, 15) is 14.4 Å². The van der Waals surface area contributed by atoms with Crippen molar-refractivity contribution in [2.45, 2.75) is 20.4 Å². The second-order valence-corrected chi connectivity index (χ2v) is 11.1. The standard InChI is InChI=1S/C29H24N6O4S2/c1-17-9-7-13-33-25(17)31-24(30-16-20-12-8-14-39-20)21(26(33)36)15-22-27(37)34(29(40)41-22)23-18(2)32(3)35(28(23)38)19-10-5-4-6-11-19/h4-15,30H,16H2,1-3H3. The number of benzene rings is 1. The molecule has 0 spiro atoms. The number of para-hydroxylation sites is 1. The van der Waals surface area contributed by atoms with Crippen LogP contribution in [0.25, 0.3) is 17.4 Å². The lowest BCUT2D eigenvalue weighted by atomic mass is 10.2. The Kier molecular flexibility index (Phi) is 6.72. The summed E-state index contributed by atoms with van der Waals surface area (Å²) in [6.07, 6.45) is 4.69. The first kappa shape index (κ1) is 26.5. The number of amides is 1. The first-order chi connectivity index (χ1) is 19.8. The Labute approximate surface area is 243 Å². The van der Waals surface area contributed by atoms with E-state index in [2.05, 4.69) is 5.32 Å². The molecule has 1 aromatic carbocycles. The van der Waals surface area contributed by atoms with Crippen molar-refractivity contribution < 1.29 is 9.21 Å². The van der Waals surface area contributed by atoms with Crippen LogP contribution < -0.4 is 21.3 Å². The SMILES string of the molecule is Cc1cccn2c(=O)c(C=C3SC(=S)N(c4c(C)n(C)n(-c5ccccc5)c4=O)C3=O)c(NCc3ccco3)nc12. The lowest BCUT2D eigenvalue weighted by molar-refractivity contribution is -0.113. The summed E-state index contributed by atoms with van der Waals surface area (Å²) >= 11 is 6.62. The number of anilines is 2. The monoisotopic (exact) mass is 584 g/mol. The number of pyridine rings is 1. The Hall–Kier alpha value is -4.68. The van der Waals surface area contributed by atoms with Gasteiger partial charge in [-0.05, 0) is 55.8 Å². The van der Waals surface area contributed by atoms with E-state index < -0.39 is 5.91 Å². The molecule has 0 atom stereocenters.